The van der Waals surface area contributed by atoms with Crippen LogP contribution in [0.25, 0.3) is 0 Å². The average Bonchev–Trinajstić information content (AvgIpc) is 2.64. The van der Waals surface area contributed by atoms with Crippen LogP contribution >= 0.6 is 11.6 Å². The Morgan fingerprint density at radius 3 is 2.29 bits per heavy atom. The molecule has 1 heterocycles. The van der Waals surface area contributed by atoms with E-state index >= 15 is 0 Å². The minimum atomic E-state index is -4.96. The van der Waals surface area contributed by atoms with Crippen LogP contribution in [0.1, 0.15) is 44.0 Å². The van der Waals surface area contributed by atoms with Gasteiger partial charge in [0.25, 0.3) is 0 Å². The van der Waals surface area contributed by atoms with Crippen LogP contribution in [0.2, 0.25) is 5.02 Å². The number of benzene rings is 1. The Kier molecular flexibility index (Phi) is 7.65. The summed E-state index contributed by atoms with van der Waals surface area (Å²) in [5.74, 6) is -3.16. The van der Waals surface area contributed by atoms with Crippen molar-refractivity contribution in [1.29, 1.82) is 0 Å². The maximum absolute atomic E-state index is 13.2. The molecule has 1 amide bonds. The highest BCUT2D eigenvalue weighted by Gasteiger charge is 2.39. The molecule has 31 heavy (non-hydrogen) atoms. The number of halogens is 4. The summed E-state index contributed by atoms with van der Waals surface area (Å²) in [7, 11) is -4.08. The SMILES string of the molecule is CC(C)(C)OC(=O)c1cc(Cl)ccc1S(=O)(=O)N1CCC(CNC(=O)C(F)(F)F)CC1. The number of hydrogen-bond acceptors (Lipinski definition) is 5. The fraction of sp³-hybridized carbons (Fsp3) is 0.579. The van der Waals surface area contributed by atoms with E-state index in [2.05, 4.69) is 0 Å². The molecule has 1 N–H and O–H groups in total. The van der Waals surface area contributed by atoms with E-state index in [0.717, 1.165) is 4.31 Å². The molecule has 0 aliphatic carbocycles. The third-order valence-electron chi connectivity index (χ3n) is 4.56. The lowest BCUT2D eigenvalue weighted by Crippen LogP contribution is -2.44. The number of piperidine rings is 1. The van der Waals surface area contributed by atoms with Gasteiger partial charge in [0.2, 0.25) is 10.0 Å². The zero-order valence-electron chi connectivity index (χ0n) is 17.3. The van der Waals surface area contributed by atoms with E-state index in [1.807, 2.05) is 5.32 Å². The van der Waals surface area contributed by atoms with Crippen LogP contribution < -0.4 is 5.32 Å². The average molecular weight is 485 g/mol. The van der Waals surface area contributed by atoms with Gasteiger partial charge in [0, 0.05) is 24.7 Å². The molecule has 7 nitrogen and oxygen atoms in total. The number of carbonyl (C=O) groups is 2. The number of nitrogens with one attached hydrogen (secondary N) is 1. The van der Waals surface area contributed by atoms with Gasteiger partial charge >= 0.3 is 18.1 Å². The molecule has 1 aromatic carbocycles. The van der Waals surface area contributed by atoms with Crippen LogP contribution in [0.5, 0.6) is 0 Å². The van der Waals surface area contributed by atoms with Crippen molar-refractivity contribution in [3.8, 4) is 0 Å². The molecule has 0 radical (unpaired) electrons. The first kappa shape index (κ1) is 25.4. The highest BCUT2D eigenvalue weighted by atomic mass is 35.5. The van der Waals surface area contributed by atoms with E-state index in [0.29, 0.717) is 0 Å². The Labute approximate surface area is 183 Å². The molecule has 1 fully saturated rings. The highest BCUT2D eigenvalue weighted by molar-refractivity contribution is 7.89. The number of sulfonamides is 1. The van der Waals surface area contributed by atoms with Crippen molar-refractivity contribution in [2.45, 2.75) is 50.3 Å². The van der Waals surface area contributed by atoms with Gasteiger partial charge < -0.3 is 10.1 Å². The van der Waals surface area contributed by atoms with Crippen molar-refractivity contribution in [2.75, 3.05) is 19.6 Å². The largest absolute Gasteiger partial charge is 0.471 e. The van der Waals surface area contributed by atoms with Crippen LogP contribution in [-0.4, -0.2) is 56.0 Å². The third-order valence-corrected chi connectivity index (χ3v) is 6.75. The zero-order valence-corrected chi connectivity index (χ0v) is 18.8. The summed E-state index contributed by atoms with van der Waals surface area (Å²) in [5, 5.41) is 1.99. The first-order valence-corrected chi connectivity index (χ1v) is 11.3. The summed E-state index contributed by atoms with van der Waals surface area (Å²) in [5.41, 5.74) is -1.04. The van der Waals surface area contributed by atoms with Gasteiger partial charge in [0.15, 0.2) is 0 Å². The molecule has 0 saturated carbocycles. The molecule has 1 saturated heterocycles. The van der Waals surface area contributed by atoms with Crippen molar-refractivity contribution >= 4 is 33.5 Å². The first-order valence-electron chi connectivity index (χ1n) is 9.49. The van der Waals surface area contributed by atoms with Gasteiger partial charge in [0.1, 0.15) is 5.60 Å². The van der Waals surface area contributed by atoms with Crippen LogP contribution in [0, 0.1) is 5.92 Å². The van der Waals surface area contributed by atoms with Gasteiger partial charge in [0.05, 0.1) is 10.5 Å². The van der Waals surface area contributed by atoms with Crippen molar-refractivity contribution < 1.29 is 35.9 Å². The molecular formula is C19H24ClF3N2O5S. The van der Waals surface area contributed by atoms with Crippen molar-refractivity contribution in [3.63, 3.8) is 0 Å². The number of amides is 1. The van der Waals surface area contributed by atoms with Crippen molar-refractivity contribution in [3.05, 3.63) is 28.8 Å². The third kappa shape index (κ3) is 6.81. The predicted molar refractivity (Wildman–Crippen MR) is 107 cm³/mol. The molecule has 0 aromatic heterocycles. The first-order chi connectivity index (χ1) is 14.1. The summed E-state index contributed by atoms with van der Waals surface area (Å²) in [4.78, 5) is 23.2. The molecule has 0 unspecified atom stereocenters. The van der Waals surface area contributed by atoms with Crippen molar-refractivity contribution in [1.82, 2.24) is 9.62 Å². The molecule has 1 aliphatic rings. The van der Waals surface area contributed by atoms with E-state index in [4.69, 9.17) is 16.3 Å². The molecule has 0 spiro atoms. The number of alkyl halides is 3. The van der Waals surface area contributed by atoms with Crippen LogP contribution in [0.4, 0.5) is 13.2 Å². The lowest BCUT2D eigenvalue weighted by atomic mass is 9.98. The van der Waals surface area contributed by atoms with E-state index in [1.165, 1.54) is 18.2 Å². The Hall–Kier alpha value is -1.85. The number of carbonyl (C=O) groups excluding carboxylic acids is 2. The summed E-state index contributed by atoms with van der Waals surface area (Å²) in [6, 6.07) is 3.80. The van der Waals surface area contributed by atoms with Gasteiger partial charge in [-0.05, 0) is 57.7 Å². The number of nitrogens with zero attached hydrogens (tertiary/aromatic N) is 1. The van der Waals surface area contributed by atoms with E-state index < -0.39 is 33.7 Å². The van der Waals surface area contributed by atoms with Gasteiger partial charge in [-0.15, -0.1) is 0 Å². The van der Waals surface area contributed by atoms with Gasteiger partial charge in [-0.1, -0.05) is 11.6 Å². The monoisotopic (exact) mass is 484 g/mol. The quantitative estimate of drug-likeness (QED) is 0.647. The fourth-order valence-electron chi connectivity index (χ4n) is 3.05. The lowest BCUT2D eigenvalue weighted by molar-refractivity contribution is -0.173. The number of ether oxygens (including phenoxy) is 1. The normalized spacial score (nSPS) is 16.7. The van der Waals surface area contributed by atoms with Crippen LogP contribution in [-0.2, 0) is 19.6 Å². The Morgan fingerprint density at radius 2 is 1.77 bits per heavy atom. The summed E-state index contributed by atoms with van der Waals surface area (Å²) < 4.78 is 69.6. The molecule has 1 aromatic rings. The van der Waals surface area contributed by atoms with E-state index in [9.17, 15) is 31.2 Å². The molecule has 174 valence electrons. The number of esters is 1. The minimum Gasteiger partial charge on any atom is -0.456 e. The van der Waals surface area contributed by atoms with E-state index in [1.54, 1.807) is 20.8 Å². The molecular weight excluding hydrogens is 461 g/mol. The second-order valence-electron chi connectivity index (χ2n) is 8.20. The second kappa shape index (κ2) is 9.33. The standard InChI is InChI=1S/C19H24ClF3N2O5S/c1-18(2,3)30-16(26)14-10-13(20)4-5-15(14)31(28,29)25-8-6-12(7-9-25)11-24-17(27)19(21,22)23/h4-5,10,12H,6-9,11H2,1-3H3,(H,24,27). The van der Waals surface area contributed by atoms with Crippen molar-refractivity contribution in [2.24, 2.45) is 5.92 Å². The summed E-state index contributed by atoms with van der Waals surface area (Å²) in [6.07, 6.45) is -4.45. The Balaban J connectivity index is 2.13. The predicted octanol–water partition coefficient (Wildman–Crippen LogP) is 3.37. The lowest BCUT2D eigenvalue weighted by Gasteiger charge is -2.31. The number of hydrogen-bond donors (Lipinski definition) is 1. The maximum atomic E-state index is 13.2. The maximum Gasteiger partial charge on any atom is 0.471 e. The molecule has 2 rings (SSSR count). The molecule has 12 heteroatoms. The Bertz CT molecular complexity index is 937. The topological polar surface area (TPSA) is 92.8 Å². The molecule has 0 bridgehead atoms. The Morgan fingerprint density at radius 1 is 1.19 bits per heavy atom. The van der Waals surface area contributed by atoms with Gasteiger partial charge in [-0.3, -0.25) is 4.79 Å². The smallest absolute Gasteiger partial charge is 0.456 e. The van der Waals surface area contributed by atoms with Gasteiger partial charge in [-0.2, -0.15) is 17.5 Å². The zero-order chi connectivity index (χ0) is 23.6. The number of rotatable bonds is 5. The fourth-order valence-corrected chi connectivity index (χ4v) is 4.85. The second-order valence-corrected chi connectivity index (χ2v) is 10.5. The van der Waals surface area contributed by atoms with Crippen LogP contribution in [0.15, 0.2) is 23.1 Å². The summed E-state index contributed by atoms with van der Waals surface area (Å²) >= 11 is 5.95. The van der Waals surface area contributed by atoms with Crippen LogP contribution in [0.3, 0.4) is 0 Å². The highest BCUT2D eigenvalue weighted by Crippen LogP contribution is 2.29. The minimum absolute atomic E-state index is 0.0330. The molecule has 0 atom stereocenters. The van der Waals surface area contributed by atoms with E-state index in [-0.39, 0.29) is 53.9 Å². The summed E-state index contributed by atoms with van der Waals surface area (Å²) in [6.45, 7) is 4.80. The molecule has 1 aliphatic heterocycles. The van der Waals surface area contributed by atoms with Gasteiger partial charge in [-0.25, -0.2) is 13.2 Å².